The fourth-order valence-electron chi connectivity index (χ4n) is 2.82. The molecule has 0 bridgehead atoms. The minimum absolute atomic E-state index is 0.0146. The zero-order valence-electron chi connectivity index (χ0n) is 13.3. The van der Waals surface area contributed by atoms with Gasteiger partial charge in [0.25, 0.3) is 0 Å². The predicted octanol–water partition coefficient (Wildman–Crippen LogP) is 3.93. The summed E-state index contributed by atoms with van der Waals surface area (Å²) in [5.74, 6) is 1.65. The standard InChI is InChI=1S/C18H16N4O2S/c23-12(3-1-5-15-19-8-9-20-15)11-6-7-13(24)17-16(11)21-18(22-17)14-4-2-10-25-14/h2,4,6-10,24H,1,3,5H2,(H,19,20)(H,21,22). The number of aromatic nitrogens is 4. The lowest BCUT2D eigenvalue weighted by atomic mass is 10.0. The highest BCUT2D eigenvalue weighted by atomic mass is 32.1. The number of ketones is 1. The summed E-state index contributed by atoms with van der Waals surface area (Å²) in [5, 5.41) is 12.1. The summed E-state index contributed by atoms with van der Waals surface area (Å²) in [7, 11) is 0. The molecular formula is C18H16N4O2S. The number of aryl methyl sites for hydroxylation is 1. The summed E-state index contributed by atoms with van der Waals surface area (Å²) >= 11 is 1.55. The molecule has 4 rings (SSSR count). The first-order chi connectivity index (χ1) is 12.2. The minimum Gasteiger partial charge on any atom is -0.506 e. The molecule has 0 amide bonds. The summed E-state index contributed by atoms with van der Waals surface area (Å²) in [4.78, 5) is 28.5. The Morgan fingerprint density at radius 1 is 1.28 bits per heavy atom. The number of hydrogen-bond donors (Lipinski definition) is 3. The Kier molecular flexibility index (Phi) is 4.07. The van der Waals surface area contributed by atoms with Crippen LogP contribution in [0.2, 0.25) is 0 Å². The molecule has 0 saturated carbocycles. The molecule has 0 aliphatic rings. The molecule has 0 spiro atoms. The first-order valence-electron chi connectivity index (χ1n) is 7.99. The van der Waals surface area contributed by atoms with Gasteiger partial charge in [0, 0.05) is 30.8 Å². The van der Waals surface area contributed by atoms with Crippen LogP contribution in [0.1, 0.15) is 29.0 Å². The van der Waals surface area contributed by atoms with Crippen molar-refractivity contribution >= 4 is 28.2 Å². The number of phenolic OH excluding ortho intramolecular Hbond substituents is 1. The molecule has 0 aliphatic carbocycles. The van der Waals surface area contributed by atoms with Crippen molar-refractivity contribution in [2.24, 2.45) is 0 Å². The molecule has 25 heavy (non-hydrogen) atoms. The summed E-state index contributed by atoms with van der Waals surface area (Å²) in [5.41, 5.74) is 1.55. The molecule has 6 nitrogen and oxygen atoms in total. The van der Waals surface area contributed by atoms with Gasteiger partial charge in [0.05, 0.1) is 4.88 Å². The topological polar surface area (TPSA) is 94.7 Å². The van der Waals surface area contributed by atoms with Gasteiger partial charge in [-0.1, -0.05) is 6.07 Å². The van der Waals surface area contributed by atoms with Crippen LogP contribution in [-0.2, 0) is 6.42 Å². The number of fused-ring (bicyclic) bond motifs is 1. The van der Waals surface area contributed by atoms with Gasteiger partial charge >= 0.3 is 0 Å². The molecule has 126 valence electrons. The largest absolute Gasteiger partial charge is 0.506 e. The van der Waals surface area contributed by atoms with Crippen LogP contribution < -0.4 is 0 Å². The molecule has 7 heteroatoms. The van der Waals surface area contributed by atoms with Crippen LogP contribution in [0, 0.1) is 0 Å². The van der Waals surface area contributed by atoms with Gasteiger partial charge < -0.3 is 15.1 Å². The van der Waals surface area contributed by atoms with Gasteiger partial charge in [-0.15, -0.1) is 11.3 Å². The zero-order valence-corrected chi connectivity index (χ0v) is 14.1. The second kappa shape index (κ2) is 6.52. The van der Waals surface area contributed by atoms with Crippen molar-refractivity contribution in [2.75, 3.05) is 0 Å². The summed E-state index contributed by atoms with van der Waals surface area (Å²) in [6.07, 6.45) is 5.31. The zero-order chi connectivity index (χ0) is 17.2. The van der Waals surface area contributed by atoms with E-state index in [1.54, 1.807) is 35.9 Å². The summed E-state index contributed by atoms with van der Waals surface area (Å²) in [6.45, 7) is 0. The Morgan fingerprint density at radius 2 is 2.20 bits per heavy atom. The van der Waals surface area contributed by atoms with E-state index in [1.807, 2.05) is 17.5 Å². The lowest BCUT2D eigenvalue weighted by Gasteiger charge is -2.03. The van der Waals surface area contributed by atoms with Crippen molar-refractivity contribution in [3.63, 3.8) is 0 Å². The molecule has 4 aromatic rings. The molecule has 0 saturated heterocycles. The molecule has 0 fully saturated rings. The molecule has 3 N–H and O–H groups in total. The third-order valence-corrected chi connectivity index (χ3v) is 4.93. The number of aromatic hydroxyl groups is 1. The maximum Gasteiger partial charge on any atom is 0.165 e. The van der Waals surface area contributed by atoms with Crippen molar-refractivity contribution < 1.29 is 9.90 Å². The summed E-state index contributed by atoms with van der Waals surface area (Å²) in [6, 6.07) is 7.07. The van der Waals surface area contributed by atoms with Crippen molar-refractivity contribution in [1.82, 2.24) is 19.9 Å². The van der Waals surface area contributed by atoms with E-state index >= 15 is 0 Å². The fraction of sp³-hybridized carbons (Fsp3) is 0.167. The molecule has 3 heterocycles. The molecular weight excluding hydrogens is 336 g/mol. The molecule has 0 aliphatic heterocycles. The number of carbonyl (C=O) groups excluding carboxylic acids is 1. The Bertz CT molecular complexity index is 1000. The van der Waals surface area contributed by atoms with E-state index in [0.717, 1.165) is 17.1 Å². The second-order valence-electron chi connectivity index (χ2n) is 5.73. The SMILES string of the molecule is O=C(CCCc1ncc[nH]1)c1ccc(O)c2[nH]c(-c3cccs3)nc12. The number of thiophene rings is 1. The van der Waals surface area contributed by atoms with Crippen molar-refractivity contribution in [3.05, 3.63) is 53.4 Å². The van der Waals surface area contributed by atoms with Crippen LogP contribution in [0.25, 0.3) is 21.7 Å². The summed E-state index contributed by atoms with van der Waals surface area (Å²) < 4.78 is 0. The van der Waals surface area contributed by atoms with E-state index in [1.165, 1.54) is 0 Å². The lowest BCUT2D eigenvalue weighted by Crippen LogP contribution is -2.01. The van der Waals surface area contributed by atoms with E-state index in [4.69, 9.17) is 0 Å². The monoisotopic (exact) mass is 352 g/mol. The van der Waals surface area contributed by atoms with Crippen molar-refractivity contribution in [2.45, 2.75) is 19.3 Å². The van der Waals surface area contributed by atoms with Crippen LogP contribution in [-0.4, -0.2) is 30.8 Å². The second-order valence-corrected chi connectivity index (χ2v) is 6.68. The smallest absolute Gasteiger partial charge is 0.165 e. The van der Waals surface area contributed by atoms with Gasteiger partial charge in [0.1, 0.15) is 28.4 Å². The number of rotatable bonds is 6. The van der Waals surface area contributed by atoms with Gasteiger partial charge in [-0.2, -0.15) is 0 Å². The number of imidazole rings is 2. The number of nitrogens with one attached hydrogen (secondary N) is 2. The molecule has 0 radical (unpaired) electrons. The average Bonchev–Trinajstić information content (AvgIpc) is 3.35. The maximum atomic E-state index is 12.6. The third kappa shape index (κ3) is 3.06. The number of hydrogen-bond acceptors (Lipinski definition) is 5. The Balaban J connectivity index is 1.60. The average molecular weight is 352 g/mol. The number of Topliss-reactive ketones (excluding diaryl/α,β-unsaturated/α-hetero) is 1. The van der Waals surface area contributed by atoms with Gasteiger partial charge in [0.2, 0.25) is 0 Å². The predicted molar refractivity (Wildman–Crippen MR) is 96.9 cm³/mol. The molecule has 0 atom stereocenters. The fourth-order valence-corrected chi connectivity index (χ4v) is 3.49. The lowest BCUT2D eigenvalue weighted by molar-refractivity contribution is 0.0981. The number of nitrogens with zero attached hydrogens (tertiary/aromatic N) is 2. The van der Waals surface area contributed by atoms with E-state index in [-0.39, 0.29) is 11.5 Å². The number of phenols is 1. The highest BCUT2D eigenvalue weighted by molar-refractivity contribution is 7.13. The maximum absolute atomic E-state index is 12.6. The van der Waals surface area contributed by atoms with Gasteiger partial charge in [-0.25, -0.2) is 9.97 Å². The highest BCUT2D eigenvalue weighted by Crippen LogP contribution is 2.31. The Morgan fingerprint density at radius 3 is 2.96 bits per heavy atom. The van der Waals surface area contributed by atoms with E-state index in [0.29, 0.717) is 35.3 Å². The third-order valence-electron chi connectivity index (χ3n) is 4.05. The highest BCUT2D eigenvalue weighted by Gasteiger charge is 2.17. The number of benzene rings is 1. The van der Waals surface area contributed by atoms with Crippen LogP contribution in [0.15, 0.2) is 42.0 Å². The molecule has 1 aromatic carbocycles. The first-order valence-corrected chi connectivity index (χ1v) is 8.87. The van der Waals surface area contributed by atoms with Gasteiger partial charge in [0.15, 0.2) is 5.78 Å². The van der Waals surface area contributed by atoms with Gasteiger partial charge in [-0.3, -0.25) is 4.79 Å². The van der Waals surface area contributed by atoms with E-state index < -0.39 is 0 Å². The minimum atomic E-state index is 0.0146. The van der Waals surface area contributed by atoms with E-state index in [9.17, 15) is 9.90 Å². The van der Waals surface area contributed by atoms with Crippen LogP contribution in [0.5, 0.6) is 5.75 Å². The normalized spacial score (nSPS) is 11.2. The van der Waals surface area contributed by atoms with Gasteiger partial charge in [-0.05, 0) is 30.0 Å². The quantitative estimate of drug-likeness (QED) is 0.458. The van der Waals surface area contributed by atoms with Crippen LogP contribution in [0.3, 0.4) is 0 Å². The van der Waals surface area contributed by atoms with Crippen molar-refractivity contribution in [3.8, 4) is 16.5 Å². The number of aromatic amines is 2. The van der Waals surface area contributed by atoms with Crippen LogP contribution in [0.4, 0.5) is 0 Å². The Hall–Kier alpha value is -2.93. The Labute approximate surface area is 147 Å². The van der Waals surface area contributed by atoms with E-state index in [2.05, 4.69) is 19.9 Å². The van der Waals surface area contributed by atoms with Crippen LogP contribution >= 0.6 is 11.3 Å². The number of H-pyrrole nitrogens is 2. The number of carbonyl (C=O) groups is 1. The first kappa shape index (κ1) is 15.6. The molecule has 0 unspecified atom stereocenters. The molecule has 3 aromatic heterocycles. The van der Waals surface area contributed by atoms with Crippen molar-refractivity contribution in [1.29, 1.82) is 0 Å².